The summed E-state index contributed by atoms with van der Waals surface area (Å²) in [6.07, 6.45) is 3.23. The molecule has 1 aliphatic heterocycles. The first-order valence-corrected chi connectivity index (χ1v) is 5.74. The second-order valence-electron chi connectivity index (χ2n) is 4.15. The van der Waals surface area contributed by atoms with Gasteiger partial charge in [-0.1, -0.05) is 20.3 Å². The maximum absolute atomic E-state index is 11.3. The normalized spacial score (nSPS) is 31.5. The Morgan fingerprint density at radius 2 is 2.33 bits per heavy atom. The van der Waals surface area contributed by atoms with Crippen LogP contribution in [-0.4, -0.2) is 35.9 Å². The van der Waals surface area contributed by atoms with Crippen molar-refractivity contribution in [2.75, 3.05) is 13.2 Å². The zero-order valence-corrected chi connectivity index (χ0v) is 9.58. The minimum atomic E-state index is -0.757. The van der Waals surface area contributed by atoms with Crippen molar-refractivity contribution in [3.05, 3.63) is 0 Å². The van der Waals surface area contributed by atoms with Crippen LogP contribution in [0.15, 0.2) is 0 Å². The number of carboxylic acid groups (broad SMARTS) is 1. The lowest BCUT2D eigenvalue weighted by Crippen LogP contribution is -2.57. The lowest BCUT2D eigenvalue weighted by atomic mass is 9.85. The molecule has 0 aromatic heterocycles. The fourth-order valence-electron chi connectivity index (χ4n) is 2.23. The highest BCUT2D eigenvalue weighted by molar-refractivity contribution is 5.79. The van der Waals surface area contributed by atoms with Gasteiger partial charge in [0.15, 0.2) is 0 Å². The standard InChI is InChI=1S/C11H21NO3/c1-3-5-9-8-11(10(13)14,12-4-2)6-7-15-9/h9,12H,3-8H2,1-2H3,(H,13,14). The third kappa shape index (κ3) is 2.92. The summed E-state index contributed by atoms with van der Waals surface area (Å²) in [6.45, 7) is 5.26. The van der Waals surface area contributed by atoms with Crippen LogP contribution in [0.2, 0.25) is 0 Å². The summed E-state index contributed by atoms with van der Waals surface area (Å²) in [5, 5.41) is 12.4. The molecule has 0 amide bonds. The Kier molecular flexibility index (Phi) is 4.54. The zero-order valence-electron chi connectivity index (χ0n) is 9.58. The fraction of sp³-hybridized carbons (Fsp3) is 0.909. The molecule has 4 nitrogen and oxygen atoms in total. The van der Waals surface area contributed by atoms with Crippen LogP contribution >= 0.6 is 0 Å². The van der Waals surface area contributed by atoms with E-state index in [0.29, 0.717) is 26.0 Å². The number of carboxylic acids is 1. The van der Waals surface area contributed by atoms with E-state index in [2.05, 4.69) is 12.2 Å². The van der Waals surface area contributed by atoms with Crippen LogP contribution in [0.5, 0.6) is 0 Å². The zero-order chi connectivity index (χ0) is 11.3. The molecule has 0 aliphatic carbocycles. The number of aliphatic carboxylic acids is 1. The third-order valence-electron chi connectivity index (χ3n) is 2.99. The van der Waals surface area contributed by atoms with Crippen molar-refractivity contribution >= 4 is 5.97 Å². The van der Waals surface area contributed by atoms with Crippen LogP contribution in [0.3, 0.4) is 0 Å². The smallest absolute Gasteiger partial charge is 0.324 e. The van der Waals surface area contributed by atoms with Crippen LogP contribution in [0.1, 0.15) is 39.5 Å². The Morgan fingerprint density at radius 1 is 1.60 bits per heavy atom. The fourth-order valence-corrected chi connectivity index (χ4v) is 2.23. The Balaban J connectivity index is 2.66. The molecule has 2 unspecified atom stereocenters. The topological polar surface area (TPSA) is 58.6 Å². The first-order valence-electron chi connectivity index (χ1n) is 5.74. The molecule has 1 fully saturated rings. The van der Waals surface area contributed by atoms with Gasteiger partial charge < -0.3 is 15.2 Å². The molecule has 1 aliphatic rings. The van der Waals surface area contributed by atoms with Gasteiger partial charge in [-0.25, -0.2) is 0 Å². The number of carbonyl (C=O) groups is 1. The minimum Gasteiger partial charge on any atom is -0.480 e. The molecular weight excluding hydrogens is 194 g/mol. The molecule has 4 heteroatoms. The quantitative estimate of drug-likeness (QED) is 0.727. The molecule has 0 aromatic carbocycles. The summed E-state index contributed by atoms with van der Waals surface area (Å²) in [5.74, 6) is -0.742. The van der Waals surface area contributed by atoms with Crippen LogP contribution < -0.4 is 5.32 Å². The first kappa shape index (κ1) is 12.5. The third-order valence-corrected chi connectivity index (χ3v) is 2.99. The summed E-state index contributed by atoms with van der Waals surface area (Å²) in [6, 6.07) is 0. The van der Waals surface area contributed by atoms with E-state index in [1.54, 1.807) is 0 Å². The van der Waals surface area contributed by atoms with Gasteiger partial charge in [-0.3, -0.25) is 4.79 Å². The van der Waals surface area contributed by atoms with E-state index in [0.717, 1.165) is 12.8 Å². The van der Waals surface area contributed by atoms with Crippen LogP contribution in [0.4, 0.5) is 0 Å². The highest BCUT2D eigenvalue weighted by Gasteiger charge is 2.42. The maximum atomic E-state index is 11.3. The highest BCUT2D eigenvalue weighted by atomic mass is 16.5. The largest absolute Gasteiger partial charge is 0.480 e. The van der Waals surface area contributed by atoms with Gasteiger partial charge in [0.05, 0.1) is 6.10 Å². The molecule has 0 spiro atoms. The molecule has 2 N–H and O–H groups in total. The summed E-state index contributed by atoms with van der Waals surface area (Å²) < 4.78 is 5.57. The molecule has 88 valence electrons. The number of hydrogen-bond donors (Lipinski definition) is 2. The van der Waals surface area contributed by atoms with Gasteiger partial charge in [-0.15, -0.1) is 0 Å². The van der Waals surface area contributed by atoms with E-state index in [1.807, 2.05) is 6.92 Å². The molecule has 1 rings (SSSR count). The number of rotatable bonds is 5. The summed E-state index contributed by atoms with van der Waals surface area (Å²) in [5.41, 5.74) is -0.757. The van der Waals surface area contributed by atoms with Gasteiger partial charge in [0.2, 0.25) is 0 Å². The van der Waals surface area contributed by atoms with E-state index in [1.165, 1.54) is 0 Å². The lowest BCUT2D eigenvalue weighted by molar-refractivity contribution is -0.152. The lowest BCUT2D eigenvalue weighted by Gasteiger charge is -2.38. The molecule has 1 heterocycles. The number of nitrogens with one attached hydrogen (secondary N) is 1. The van der Waals surface area contributed by atoms with Crippen molar-refractivity contribution in [1.29, 1.82) is 0 Å². The summed E-state index contributed by atoms with van der Waals surface area (Å²) in [4.78, 5) is 11.3. The number of likely N-dealkylation sites (N-methyl/N-ethyl adjacent to an activating group) is 1. The Bertz CT molecular complexity index is 214. The molecule has 15 heavy (non-hydrogen) atoms. The van der Waals surface area contributed by atoms with E-state index in [9.17, 15) is 9.90 Å². The van der Waals surface area contributed by atoms with Gasteiger partial charge >= 0.3 is 5.97 Å². The second kappa shape index (κ2) is 5.47. The predicted molar refractivity (Wildman–Crippen MR) is 57.9 cm³/mol. The number of hydrogen-bond acceptors (Lipinski definition) is 3. The van der Waals surface area contributed by atoms with Gasteiger partial charge in [0, 0.05) is 13.0 Å². The average Bonchev–Trinajstić information content (AvgIpc) is 2.19. The van der Waals surface area contributed by atoms with Gasteiger partial charge in [0.25, 0.3) is 0 Å². The molecule has 0 saturated carbocycles. The average molecular weight is 215 g/mol. The van der Waals surface area contributed by atoms with Crippen molar-refractivity contribution in [2.45, 2.75) is 51.2 Å². The predicted octanol–water partition coefficient (Wildman–Crippen LogP) is 1.40. The van der Waals surface area contributed by atoms with Crippen LogP contribution in [0, 0.1) is 0 Å². The molecule has 0 bridgehead atoms. The van der Waals surface area contributed by atoms with E-state index < -0.39 is 11.5 Å². The van der Waals surface area contributed by atoms with E-state index >= 15 is 0 Å². The van der Waals surface area contributed by atoms with E-state index in [4.69, 9.17) is 4.74 Å². The van der Waals surface area contributed by atoms with Crippen LogP contribution in [0.25, 0.3) is 0 Å². The first-order chi connectivity index (χ1) is 7.14. The van der Waals surface area contributed by atoms with Crippen molar-refractivity contribution in [3.8, 4) is 0 Å². The van der Waals surface area contributed by atoms with Crippen molar-refractivity contribution < 1.29 is 14.6 Å². The van der Waals surface area contributed by atoms with Gasteiger partial charge in [-0.05, 0) is 19.4 Å². The van der Waals surface area contributed by atoms with Gasteiger partial charge in [-0.2, -0.15) is 0 Å². The maximum Gasteiger partial charge on any atom is 0.324 e. The molecule has 0 aromatic rings. The molecule has 0 radical (unpaired) electrons. The number of ether oxygens (including phenoxy) is 1. The van der Waals surface area contributed by atoms with Crippen molar-refractivity contribution in [3.63, 3.8) is 0 Å². The minimum absolute atomic E-state index is 0.0962. The monoisotopic (exact) mass is 215 g/mol. The SMILES string of the molecule is CCCC1CC(NCC)(C(=O)O)CCO1. The van der Waals surface area contributed by atoms with Crippen molar-refractivity contribution in [2.24, 2.45) is 0 Å². The Labute approximate surface area is 91.0 Å². The molecular formula is C11H21NO3. The van der Waals surface area contributed by atoms with Crippen LogP contribution in [-0.2, 0) is 9.53 Å². The Hall–Kier alpha value is -0.610. The summed E-state index contributed by atoms with van der Waals surface area (Å²) in [7, 11) is 0. The van der Waals surface area contributed by atoms with E-state index in [-0.39, 0.29) is 6.10 Å². The second-order valence-corrected chi connectivity index (χ2v) is 4.15. The van der Waals surface area contributed by atoms with Crippen molar-refractivity contribution in [1.82, 2.24) is 5.32 Å². The molecule has 1 saturated heterocycles. The van der Waals surface area contributed by atoms with Gasteiger partial charge in [0.1, 0.15) is 5.54 Å². The summed E-state index contributed by atoms with van der Waals surface area (Å²) >= 11 is 0. The Morgan fingerprint density at radius 3 is 2.87 bits per heavy atom. The highest BCUT2D eigenvalue weighted by Crippen LogP contribution is 2.27. The molecule has 2 atom stereocenters.